The number of hydrogen-bond acceptors (Lipinski definition) is 13. The van der Waals surface area contributed by atoms with Gasteiger partial charge in [0.1, 0.15) is 0 Å². The fraction of sp³-hybridized carbons (Fsp3) is 0.200. The number of carboxylic acids is 1. The average molecular weight is 480 g/mol. The van der Waals surface area contributed by atoms with Gasteiger partial charge in [0, 0.05) is 0 Å². The topological polar surface area (TPSA) is 193 Å². The first-order valence-corrected chi connectivity index (χ1v) is 8.53. The number of esters is 1. The lowest BCUT2D eigenvalue weighted by Crippen LogP contribution is -2.12. The van der Waals surface area contributed by atoms with Crippen LogP contribution in [0.25, 0.3) is 0 Å². The Morgan fingerprint density at radius 1 is 0.926 bits per heavy atom. The van der Waals surface area contributed by atoms with Gasteiger partial charge in [-0.1, -0.05) is 0 Å². The van der Waals surface area contributed by atoms with Crippen LogP contribution in [0.15, 0.2) is 0 Å². The van der Waals surface area contributed by atoms with Crippen molar-refractivity contribution >= 4 is 83.9 Å². The summed E-state index contributed by atoms with van der Waals surface area (Å²) in [5.41, 5.74) is 3.82. The molecule has 0 bridgehead atoms. The Balaban J connectivity index is 0.000000455. The first kappa shape index (κ1) is 21.4. The Hall–Kier alpha value is -1.87. The molecular formula is C10H11Cl3N8O4S2. The fourth-order valence-corrected chi connectivity index (χ4v) is 1.42. The molecule has 2 rings (SSSR count). The van der Waals surface area contributed by atoms with Gasteiger partial charge in [-0.15, -0.1) is 0 Å². The minimum absolute atomic E-state index is 0.0324. The van der Waals surface area contributed by atoms with Gasteiger partial charge in [-0.25, -0.2) is 0 Å². The van der Waals surface area contributed by atoms with Gasteiger partial charge >= 0.3 is 17.9 Å². The summed E-state index contributed by atoms with van der Waals surface area (Å²) < 4.78 is 18.0. The molecule has 0 spiro atoms. The SMILES string of the molecule is O=C(O)CS.[2H]Nc1nc(Cl)nc(Cl)n1.[2H]Nc1nc(Cl)nc(OC(=O)CS)n1. The number of halogens is 3. The summed E-state index contributed by atoms with van der Waals surface area (Å²) in [7, 11) is 0. The van der Waals surface area contributed by atoms with Crippen LogP contribution in [-0.4, -0.2) is 58.5 Å². The van der Waals surface area contributed by atoms with Gasteiger partial charge in [0.05, 0.1) is 11.5 Å². The number of thiol groups is 2. The summed E-state index contributed by atoms with van der Waals surface area (Å²) in [5, 5.41) is 7.41. The predicted octanol–water partition coefficient (Wildman–Crippen LogP) is 0.704. The van der Waals surface area contributed by atoms with E-state index in [-0.39, 0.29) is 45.3 Å². The van der Waals surface area contributed by atoms with E-state index in [0.717, 1.165) is 0 Å². The number of carboxylic acid groups (broad SMARTS) is 1. The third-order valence-electron chi connectivity index (χ3n) is 1.64. The number of nitrogens with zero attached hydrogens (tertiary/aromatic N) is 6. The van der Waals surface area contributed by atoms with Crippen molar-refractivity contribution < 1.29 is 22.3 Å². The second-order valence-electron chi connectivity index (χ2n) is 3.59. The zero-order valence-electron chi connectivity index (χ0n) is 14.8. The monoisotopic (exact) mass is 478 g/mol. The smallest absolute Gasteiger partial charge is 0.330 e. The van der Waals surface area contributed by atoms with E-state index in [1.165, 1.54) is 0 Å². The van der Waals surface area contributed by atoms with Crippen LogP contribution in [0.3, 0.4) is 0 Å². The summed E-state index contributed by atoms with van der Waals surface area (Å²) in [4.78, 5) is 41.2. The molecule has 0 radical (unpaired) electrons. The highest BCUT2D eigenvalue weighted by molar-refractivity contribution is 7.81. The van der Waals surface area contributed by atoms with Crippen LogP contribution >= 0.6 is 60.1 Å². The van der Waals surface area contributed by atoms with E-state index in [1.54, 1.807) is 0 Å². The van der Waals surface area contributed by atoms with Crippen molar-refractivity contribution in [2.24, 2.45) is 0 Å². The van der Waals surface area contributed by atoms with Crippen molar-refractivity contribution in [2.75, 3.05) is 23.0 Å². The standard InChI is InChI=1S/C5H5ClN4O2S.C3H2Cl2N4.C2H4O2S/c6-3-8-4(7)10-5(9-3)12-2(11)1-13;4-1-7-2(5)9-3(6)8-1;3-2(4)1-5/h13H,1H2,(H2,7,8,9,10);(H2,6,7,8,9);5H,1H2,(H,3,4)/i/hD2. The second kappa shape index (κ2) is 13.3. The lowest BCUT2D eigenvalue weighted by atomic mass is 10.8. The second-order valence-corrected chi connectivity index (χ2v) is 5.24. The van der Waals surface area contributed by atoms with E-state index in [9.17, 15) is 9.59 Å². The Morgan fingerprint density at radius 2 is 1.37 bits per heavy atom. The Morgan fingerprint density at radius 3 is 1.78 bits per heavy atom. The highest BCUT2D eigenvalue weighted by Gasteiger charge is 2.07. The zero-order chi connectivity index (χ0) is 22.4. The third kappa shape index (κ3) is 13.0. The van der Waals surface area contributed by atoms with Crippen molar-refractivity contribution in [1.82, 2.24) is 29.9 Å². The van der Waals surface area contributed by atoms with Gasteiger partial charge in [-0.05, 0) is 34.8 Å². The summed E-state index contributed by atoms with van der Waals surface area (Å²) in [6.45, 7) is 0. The molecule has 0 amide bonds. The van der Waals surface area contributed by atoms with Crippen LogP contribution in [0.5, 0.6) is 6.01 Å². The molecule has 12 nitrogen and oxygen atoms in total. The molecule has 0 atom stereocenters. The van der Waals surface area contributed by atoms with Gasteiger partial charge in [-0.2, -0.15) is 55.2 Å². The molecule has 0 aromatic carbocycles. The largest absolute Gasteiger partial charge is 0.481 e. The maximum Gasteiger partial charge on any atom is 0.330 e. The van der Waals surface area contributed by atoms with E-state index < -0.39 is 11.9 Å². The number of carbonyl (C=O) groups is 2. The predicted molar refractivity (Wildman–Crippen MR) is 104 cm³/mol. The van der Waals surface area contributed by atoms with Crippen LogP contribution < -0.4 is 16.2 Å². The van der Waals surface area contributed by atoms with Crippen LogP contribution in [0.4, 0.5) is 11.9 Å². The van der Waals surface area contributed by atoms with Crippen molar-refractivity contribution in [3.8, 4) is 6.01 Å². The van der Waals surface area contributed by atoms with E-state index in [2.05, 4.69) is 59.9 Å². The molecule has 2 heterocycles. The van der Waals surface area contributed by atoms with E-state index in [4.69, 9.17) is 42.7 Å². The lowest BCUT2D eigenvalue weighted by Gasteiger charge is -2.00. The number of nitrogens with two attached hydrogens (primary N) is 2. The molecular weight excluding hydrogens is 467 g/mol. The highest BCUT2D eigenvalue weighted by atomic mass is 35.5. The number of rotatable bonds is 5. The Labute approximate surface area is 180 Å². The molecule has 0 unspecified atom stereocenters. The van der Waals surface area contributed by atoms with Gasteiger partial charge in [0.2, 0.25) is 27.7 Å². The lowest BCUT2D eigenvalue weighted by molar-refractivity contribution is -0.134. The maximum absolute atomic E-state index is 10.8. The Bertz CT molecular complexity index is 808. The molecule has 0 saturated carbocycles. The molecule has 2 aromatic rings. The van der Waals surface area contributed by atoms with Crippen LogP contribution in [0.2, 0.25) is 18.7 Å². The van der Waals surface area contributed by atoms with Gasteiger partial charge in [0.15, 0.2) is 2.82 Å². The molecule has 148 valence electrons. The Kier molecular flexibility index (Phi) is 10.6. The summed E-state index contributed by atoms with van der Waals surface area (Å²) in [6.07, 6.45) is 0. The summed E-state index contributed by atoms with van der Waals surface area (Å²) in [5.74, 6) is -1.76. The number of aliphatic carboxylic acids is 1. The van der Waals surface area contributed by atoms with Crippen LogP contribution in [0.1, 0.15) is 0 Å². The molecule has 5 N–H and O–H groups in total. The van der Waals surface area contributed by atoms with Crippen LogP contribution in [-0.2, 0) is 9.59 Å². The summed E-state index contributed by atoms with van der Waals surface area (Å²) in [6, 6.07) is -0.265. The highest BCUT2D eigenvalue weighted by Crippen LogP contribution is 2.09. The van der Waals surface area contributed by atoms with Crippen molar-refractivity contribution in [2.45, 2.75) is 0 Å². The van der Waals surface area contributed by atoms with Gasteiger partial charge < -0.3 is 21.3 Å². The molecule has 27 heavy (non-hydrogen) atoms. The van der Waals surface area contributed by atoms with E-state index >= 15 is 0 Å². The van der Waals surface area contributed by atoms with Gasteiger partial charge in [-0.3, -0.25) is 9.59 Å². The first-order valence-electron chi connectivity index (χ1n) is 7.13. The maximum atomic E-state index is 10.8. The quantitative estimate of drug-likeness (QED) is 0.298. The minimum atomic E-state index is -0.881. The number of anilines is 2. The number of nitrogen functional groups attached to an aromatic ring is 2. The molecule has 0 aliphatic heterocycles. The average Bonchev–Trinajstić information content (AvgIpc) is 2.67. The van der Waals surface area contributed by atoms with E-state index in [1.807, 2.05) is 11.5 Å². The number of aromatic nitrogens is 6. The zero-order valence-corrected chi connectivity index (χ0v) is 16.9. The normalized spacial score (nSPS) is 9.96. The molecule has 0 fully saturated rings. The van der Waals surface area contributed by atoms with Crippen molar-refractivity contribution in [3.05, 3.63) is 15.9 Å². The summed E-state index contributed by atoms with van der Waals surface area (Å²) >= 11 is 23.3. The van der Waals surface area contributed by atoms with Crippen molar-refractivity contribution in [3.63, 3.8) is 0 Å². The minimum Gasteiger partial charge on any atom is -0.481 e. The molecule has 17 heteroatoms. The third-order valence-corrected chi connectivity index (χ3v) is 2.67. The number of ether oxygens (including phenoxy) is 1. The first-order chi connectivity index (χ1) is 13.6. The molecule has 0 aliphatic rings. The number of carbonyl (C=O) groups excluding carboxylic acids is 1. The van der Waals surface area contributed by atoms with Gasteiger partial charge in [0.25, 0.3) is 0 Å². The van der Waals surface area contributed by atoms with E-state index in [0.29, 0.717) is 0 Å². The molecule has 0 saturated heterocycles. The van der Waals surface area contributed by atoms with Crippen molar-refractivity contribution in [1.29, 1.82) is 0 Å². The number of hydrogen-bond donors (Lipinski definition) is 5. The molecule has 2 aromatic heterocycles. The fourth-order valence-electron chi connectivity index (χ4n) is 0.838. The molecule has 0 aliphatic carbocycles. The van der Waals surface area contributed by atoms with Crippen LogP contribution in [0, 0.1) is 0 Å².